The first-order valence-corrected chi connectivity index (χ1v) is 5.93. The number of aliphatic imine (C=N–C) groups is 1. The Hall–Kier alpha value is -1.90. The molecule has 0 aromatic heterocycles. The van der Waals surface area contributed by atoms with Crippen molar-refractivity contribution >= 4 is 19.0 Å². The lowest BCUT2D eigenvalue weighted by Gasteiger charge is -2.17. The summed E-state index contributed by atoms with van der Waals surface area (Å²) < 4.78 is 12.9. The van der Waals surface area contributed by atoms with Crippen LogP contribution in [0.2, 0.25) is 0 Å². The van der Waals surface area contributed by atoms with Gasteiger partial charge in [0.1, 0.15) is 13.7 Å². The van der Waals surface area contributed by atoms with E-state index in [1.807, 2.05) is 18.2 Å². The number of hydrogen-bond acceptors (Lipinski definition) is 1. The predicted molar refractivity (Wildman–Crippen MR) is 72.4 cm³/mol. The SMILES string of the molecule is [B]c1ccc2c(c1)CCN=C2c1ccc(F)cc1. The minimum atomic E-state index is -0.229. The minimum Gasteiger partial charge on any atom is -0.284 e. The van der Waals surface area contributed by atoms with Gasteiger partial charge in [0, 0.05) is 17.7 Å². The van der Waals surface area contributed by atoms with Crippen LogP contribution in [0.25, 0.3) is 0 Å². The van der Waals surface area contributed by atoms with Gasteiger partial charge >= 0.3 is 0 Å². The lowest BCUT2D eigenvalue weighted by atomic mass is 9.87. The molecule has 0 N–H and O–H groups in total. The van der Waals surface area contributed by atoms with Crippen LogP contribution in [-0.4, -0.2) is 20.1 Å². The molecular formula is C15H11BFN. The van der Waals surface area contributed by atoms with E-state index in [4.69, 9.17) is 7.85 Å². The minimum absolute atomic E-state index is 0.229. The van der Waals surface area contributed by atoms with Gasteiger partial charge in [0.2, 0.25) is 0 Å². The molecule has 1 heterocycles. The monoisotopic (exact) mass is 235 g/mol. The Bertz CT molecular complexity index is 617. The van der Waals surface area contributed by atoms with Crippen LogP contribution in [0.4, 0.5) is 4.39 Å². The zero-order valence-corrected chi connectivity index (χ0v) is 9.86. The fourth-order valence-electron chi connectivity index (χ4n) is 2.28. The lowest BCUT2D eigenvalue weighted by Crippen LogP contribution is -2.17. The number of hydrogen-bond donors (Lipinski definition) is 0. The molecule has 3 heteroatoms. The molecule has 18 heavy (non-hydrogen) atoms. The van der Waals surface area contributed by atoms with Gasteiger partial charge in [-0.3, -0.25) is 4.99 Å². The molecule has 1 aliphatic rings. The van der Waals surface area contributed by atoms with Gasteiger partial charge in [-0.2, -0.15) is 0 Å². The molecule has 2 radical (unpaired) electrons. The zero-order valence-electron chi connectivity index (χ0n) is 9.86. The molecule has 2 aromatic carbocycles. The van der Waals surface area contributed by atoms with E-state index in [1.165, 1.54) is 17.7 Å². The normalized spacial score (nSPS) is 13.9. The van der Waals surface area contributed by atoms with E-state index in [9.17, 15) is 4.39 Å². The van der Waals surface area contributed by atoms with Gasteiger partial charge < -0.3 is 0 Å². The first-order chi connectivity index (χ1) is 8.74. The fraction of sp³-hybridized carbons (Fsp3) is 0.133. The zero-order chi connectivity index (χ0) is 12.5. The molecule has 0 fully saturated rings. The second kappa shape index (κ2) is 4.41. The van der Waals surface area contributed by atoms with E-state index in [0.717, 1.165) is 35.3 Å². The van der Waals surface area contributed by atoms with Crippen LogP contribution in [0.15, 0.2) is 47.5 Å². The summed E-state index contributed by atoms with van der Waals surface area (Å²) in [7, 11) is 5.80. The third-order valence-electron chi connectivity index (χ3n) is 3.15. The molecular weight excluding hydrogens is 224 g/mol. The highest BCUT2D eigenvalue weighted by Gasteiger charge is 2.15. The van der Waals surface area contributed by atoms with Crippen LogP contribution in [0.1, 0.15) is 16.7 Å². The molecule has 1 nitrogen and oxygen atoms in total. The maximum absolute atomic E-state index is 12.9. The van der Waals surface area contributed by atoms with E-state index in [1.54, 1.807) is 12.1 Å². The summed E-state index contributed by atoms with van der Waals surface area (Å²) in [4.78, 5) is 4.55. The lowest BCUT2D eigenvalue weighted by molar-refractivity contribution is 0.628. The topological polar surface area (TPSA) is 12.4 Å². The predicted octanol–water partition coefficient (Wildman–Crippen LogP) is 2.01. The first kappa shape index (κ1) is 11.2. The highest BCUT2D eigenvalue weighted by atomic mass is 19.1. The summed E-state index contributed by atoms with van der Waals surface area (Å²) in [6.07, 6.45) is 0.908. The Morgan fingerprint density at radius 1 is 1.06 bits per heavy atom. The largest absolute Gasteiger partial charge is 0.284 e. The number of nitrogens with zero attached hydrogens (tertiary/aromatic N) is 1. The molecule has 0 bridgehead atoms. The Morgan fingerprint density at radius 2 is 1.83 bits per heavy atom. The molecule has 0 amide bonds. The van der Waals surface area contributed by atoms with Gasteiger partial charge in [0.15, 0.2) is 0 Å². The van der Waals surface area contributed by atoms with Crippen molar-refractivity contribution in [2.45, 2.75) is 6.42 Å². The van der Waals surface area contributed by atoms with Crippen molar-refractivity contribution in [3.63, 3.8) is 0 Å². The van der Waals surface area contributed by atoms with Crippen LogP contribution in [0, 0.1) is 5.82 Å². The molecule has 86 valence electrons. The highest BCUT2D eigenvalue weighted by Crippen LogP contribution is 2.19. The number of halogens is 1. The second-order valence-corrected chi connectivity index (χ2v) is 4.40. The van der Waals surface area contributed by atoms with Gasteiger partial charge in [-0.15, -0.1) is 0 Å². The van der Waals surface area contributed by atoms with Crippen molar-refractivity contribution < 1.29 is 4.39 Å². The van der Waals surface area contributed by atoms with Crippen molar-refractivity contribution in [3.8, 4) is 0 Å². The van der Waals surface area contributed by atoms with Crippen LogP contribution in [0.5, 0.6) is 0 Å². The Morgan fingerprint density at radius 3 is 2.61 bits per heavy atom. The average Bonchev–Trinajstić information content (AvgIpc) is 2.38. The standard InChI is InChI=1S/C15H11BFN/c16-12-3-6-14-11(9-12)7-8-18-15(14)10-1-4-13(17)5-2-10/h1-6,9H,7-8H2. The summed E-state index contributed by atoms with van der Waals surface area (Å²) in [5, 5.41) is 0. The van der Waals surface area contributed by atoms with Crippen LogP contribution >= 0.6 is 0 Å². The summed E-state index contributed by atoms with van der Waals surface area (Å²) >= 11 is 0. The van der Waals surface area contributed by atoms with E-state index >= 15 is 0 Å². The van der Waals surface area contributed by atoms with Gasteiger partial charge in [-0.1, -0.05) is 23.7 Å². The fourth-order valence-corrected chi connectivity index (χ4v) is 2.28. The van der Waals surface area contributed by atoms with Crippen LogP contribution < -0.4 is 5.46 Å². The molecule has 0 spiro atoms. The number of rotatable bonds is 1. The van der Waals surface area contributed by atoms with Crippen molar-refractivity contribution in [2.75, 3.05) is 6.54 Å². The highest BCUT2D eigenvalue weighted by molar-refractivity contribution is 6.32. The van der Waals surface area contributed by atoms with E-state index in [0.29, 0.717) is 0 Å². The number of benzene rings is 2. The van der Waals surface area contributed by atoms with Gasteiger partial charge in [-0.25, -0.2) is 4.39 Å². The Labute approximate surface area is 107 Å². The smallest absolute Gasteiger partial charge is 0.123 e. The van der Waals surface area contributed by atoms with Gasteiger partial charge in [-0.05, 0) is 36.2 Å². The Kier molecular flexibility index (Phi) is 2.75. The van der Waals surface area contributed by atoms with Crippen LogP contribution in [-0.2, 0) is 6.42 Å². The van der Waals surface area contributed by atoms with Crippen molar-refractivity contribution in [3.05, 3.63) is 65.0 Å². The Balaban J connectivity index is 2.09. The molecule has 0 unspecified atom stereocenters. The first-order valence-electron chi connectivity index (χ1n) is 5.93. The third kappa shape index (κ3) is 1.97. The maximum Gasteiger partial charge on any atom is 0.123 e. The van der Waals surface area contributed by atoms with E-state index in [-0.39, 0.29) is 5.82 Å². The van der Waals surface area contributed by atoms with Gasteiger partial charge in [0.25, 0.3) is 0 Å². The van der Waals surface area contributed by atoms with Crippen LogP contribution in [0.3, 0.4) is 0 Å². The average molecular weight is 235 g/mol. The summed E-state index contributed by atoms with van der Waals surface area (Å²) in [5.74, 6) is -0.229. The summed E-state index contributed by atoms with van der Waals surface area (Å²) in [5.41, 5.74) is 4.96. The molecule has 1 aliphatic heterocycles. The maximum atomic E-state index is 12.9. The summed E-state index contributed by atoms with van der Waals surface area (Å²) in [6.45, 7) is 0.753. The van der Waals surface area contributed by atoms with Crippen molar-refractivity contribution in [1.29, 1.82) is 0 Å². The molecule has 0 saturated heterocycles. The molecule has 0 aliphatic carbocycles. The number of fused-ring (bicyclic) bond motifs is 1. The van der Waals surface area contributed by atoms with Crippen molar-refractivity contribution in [1.82, 2.24) is 0 Å². The van der Waals surface area contributed by atoms with Crippen molar-refractivity contribution in [2.24, 2.45) is 4.99 Å². The molecule has 3 rings (SSSR count). The second-order valence-electron chi connectivity index (χ2n) is 4.40. The molecule has 0 saturated carbocycles. The summed E-state index contributed by atoms with van der Waals surface area (Å²) in [6, 6.07) is 12.3. The third-order valence-corrected chi connectivity index (χ3v) is 3.15. The van der Waals surface area contributed by atoms with Gasteiger partial charge in [0.05, 0.1) is 5.71 Å². The molecule has 2 aromatic rings. The quantitative estimate of drug-likeness (QED) is 0.670. The molecule has 0 atom stereocenters. The van der Waals surface area contributed by atoms with E-state index in [2.05, 4.69) is 4.99 Å². The van der Waals surface area contributed by atoms with E-state index < -0.39 is 0 Å².